The van der Waals surface area contributed by atoms with Crippen LogP contribution >= 0.6 is 0 Å². The van der Waals surface area contributed by atoms with Crippen LogP contribution in [0.2, 0.25) is 0 Å². The lowest BCUT2D eigenvalue weighted by atomic mass is 9.75. The van der Waals surface area contributed by atoms with Gasteiger partial charge in [-0.2, -0.15) is 4.98 Å². The highest BCUT2D eigenvalue weighted by atomic mass is 16.5. The maximum Gasteiger partial charge on any atom is 0.229 e. The number of nitrogens with one attached hydrogen (secondary N) is 2. The standard InChI is InChI=1S/C24H26N4O2/c1-15-6-5-7-17(12-15)26-23-27-19-13-24(2,3)14-20(29)21(19)22(28-23)25-16-8-10-18(30-4)11-9-16/h5-12H,13-14H2,1-4H3,(H2,25,26,27,28). The van der Waals surface area contributed by atoms with Gasteiger partial charge in [0.1, 0.15) is 11.6 Å². The van der Waals surface area contributed by atoms with Crippen molar-refractivity contribution in [3.8, 4) is 5.75 Å². The Bertz CT molecular complexity index is 1090. The van der Waals surface area contributed by atoms with Crippen molar-refractivity contribution in [2.45, 2.75) is 33.6 Å². The highest BCUT2D eigenvalue weighted by molar-refractivity contribution is 6.03. The van der Waals surface area contributed by atoms with E-state index in [0.29, 0.717) is 23.8 Å². The number of ether oxygens (including phenoxy) is 1. The van der Waals surface area contributed by atoms with E-state index in [2.05, 4.69) is 29.5 Å². The van der Waals surface area contributed by atoms with Crippen LogP contribution in [0.25, 0.3) is 0 Å². The SMILES string of the molecule is COc1ccc(Nc2nc(Nc3cccc(C)c3)nc3c2C(=O)CC(C)(C)C3)cc1. The fourth-order valence-corrected chi connectivity index (χ4v) is 3.78. The molecule has 0 atom stereocenters. The van der Waals surface area contributed by atoms with Gasteiger partial charge in [0, 0.05) is 17.8 Å². The van der Waals surface area contributed by atoms with Crippen molar-refractivity contribution in [2.24, 2.45) is 5.41 Å². The van der Waals surface area contributed by atoms with Gasteiger partial charge >= 0.3 is 0 Å². The van der Waals surface area contributed by atoms with Gasteiger partial charge in [0.15, 0.2) is 5.78 Å². The van der Waals surface area contributed by atoms with E-state index >= 15 is 0 Å². The van der Waals surface area contributed by atoms with Crippen LogP contribution < -0.4 is 15.4 Å². The normalized spacial score (nSPS) is 14.7. The monoisotopic (exact) mass is 402 g/mol. The molecule has 154 valence electrons. The average Bonchev–Trinajstić information content (AvgIpc) is 2.67. The molecular formula is C24H26N4O2. The van der Waals surface area contributed by atoms with Crippen LogP contribution in [0.3, 0.4) is 0 Å². The van der Waals surface area contributed by atoms with E-state index in [-0.39, 0.29) is 11.2 Å². The van der Waals surface area contributed by atoms with Crippen LogP contribution in [0, 0.1) is 12.3 Å². The summed E-state index contributed by atoms with van der Waals surface area (Å²) in [6.45, 7) is 6.23. The van der Waals surface area contributed by atoms with Crippen LogP contribution in [-0.4, -0.2) is 22.9 Å². The first kappa shape index (κ1) is 19.9. The Hall–Kier alpha value is -3.41. The van der Waals surface area contributed by atoms with Crippen molar-refractivity contribution in [3.05, 3.63) is 65.4 Å². The summed E-state index contributed by atoms with van der Waals surface area (Å²) in [5.74, 6) is 1.84. The molecule has 1 aliphatic carbocycles. The first-order valence-electron chi connectivity index (χ1n) is 10.0. The molecule has 0 bridgehead atoms. The fraction of sp³-hybridized carbons (Fsp3) is 0.292. The molecule has 1 aliphatic rings. The third-order valence-electron chi connectivity index (χ3n) is 5.17. The molecule has 1 aromatic heterocycles. The number of Topliss-reactive ketones (excluding diaryl/α,β-unsaturated/α-hetero) is 1. The Morgan fingerprint density at radius 1 is 0.967 bits per heavy atom. The van der Waals surface area contributed by atoms with Crippen LogP contribution in [0.4, 0.5) is 23.1 Å². The molecule has 0 fully saturated rings. The number of hydrogen-bond donors (Lipinski definition) is 2. The summed E-state index contributed by atoms with van der Waals surface area (Å²) in [5.41, 5.74) is 4.11. The molecule has 6 heteroatoms. The largest absolute Gasteiger partial charge is 0.497 e. The molecule has 6 nitrogen and oxygen atoms in total. The molecule has 4 rings (SSSR count). The molecule has 0 amide bonds. The van der Waals surface area contributed by atoms with Gasteiger partial charge in [0.2, 0.25) is 5.95 Å². The summed E-state index contributed by atoms with van der Waals surface area (Å²) in [6.07, 6.45) is 1.20. The first-order valence-corrected chi connectivity index (χ1v) is 10.0. The van der Waals surface area contributed by atoms with Gasteiger partial charge in [-0.15, -0.1) is 0 Å². The zero-order valence-corrected chi connectivity index (χ0v) is 17.7. The van der Waals surface area contributed by atoms with E-state index in [1.807, 2.05) is 55.5 Å². The smallest absolute Gasteiger partial charge is 0.229 e. The summed E-state index contributed by atoms with van der Waals surface area (Å²) in [5, 5.41) is 6.60. The van der Waals surface area contributed by atoms with Gasteiger partial charge in [-0.25, -0.2) is 4.98 Å². The number of hydrogen-bond acceptors (Lipinski definition) is 6. The second-order valence-electron chi connectivity index (χ2n) is 8.51. The predicted molar refractivity (Wildman–Crippen MR) is 119 cm³/mol. The minimum atomic E-state index is -0.129. The van der Waals surface area contributed by atoms with Crippen LogP contribution in [0.1, 0.15) is 41.9 Å². The van der Waals surface area contributed by atoms with Crippen molar-refractivity contribution >= 4 is 28.9 Å². The number of nitrogens with zero attached hydrogens (tertiary/aromatic N) is 2. The molecule has 30 heavy (non-hydrogen) atoms. The average molecular weight is 402 g/mol. The Labute approximate surface area is 176 Å². The van der Waals surface area contributed by atoms with Crippen molar-refractivity contribution in [2.75, 3.05) is 17.7 Å². The molecular weight excluding hydrogens is 376 g/mol. The zero-order chi connectivity index (χ0) is 21.3. The van der Waals surface area contributed by atoms with E-state index in [1.165, 1.54) is 0 Å². The molecule has 0 unspecified atom stereocenters. The van der Waals surface area contributed by atoms with Crippen LogP contribution in [0.15, 0.2) is 48.5 Å². The van der Waals surface area contributed by atoms with Crippen molar-refractivity contribution in [3.63, 3.8) is 0 Å². The van der Waals surface area contributed by atoms with Gasteiger partial charge in [0.05, 0.1) is 18.4 Å². The van der Waals surface area contributed by atoms with E-state index in [4.69, 9.17) is 9.72 Å². The van der Waals surface area contributed by atoms with E-state index in [1.54, 1.807) is 7.11 Å². The minimum absolute atomic E-state index is 0.0689. The van der Waals surface area contributed by atoms with Gasteiger partial charge in [-0.05, 0) is 60.7 Å². The maximum absolute atomic E-state index is 13.0. The number of fused-ring (bicyclic) bond motifs is 1. The maximum atomic E-state index is 13.0. The second-order valence-corrected chi connectivity index (χ2v) is 8.51. The Morgan fingerprint density at radius 3 is 2.43 bits per heavy atom. The van der Waals surface area contributed by atoms with Crippen molar-refractivity contribution in [1.29, 1.82) is 0 Å². The number of aromatic nitrogens is 2. The Kier molecular flexibility index (Phi) is 5.16. The molecule has 1 heterocycles. The summed E-state index contributed by atoms with van der Waals surface area (Å²) in [4.78, 5) is 22.3. The number of aryl methyl sites for hydroxylation is 1. The summed E-state index contributed by atoms with van der Waals surface area (Å²) in [7, 11) is 1.63. The fourth-order valence-electron chi connectivity index (χ4n) is 3.78. The van der Waals surface area contributed by atoms with E-state index in [0.717, 1.165) is 34.8 Å². The number of ketones is 1. The summed E-state index contributed by atoms with van der Waals surface area (Å²) < 4.78 is 5.23. The molecule has 2 aromatic carbocycles. The Balaban J connectivity index is 1.75. The zero-order valence-electron chi connectivity index (χ0n) is 17.7. The third-order valence-corrected chi connectivity index (χ3v) is 5.17. The molecule has 0 radical (unpaired) electrons. The summed E-state index contributed by atoms with van der Waals surface area (Å²) in [6, 6.07) is 15.6. The van der Waals surface area contributed by atoms with Gasteiger partial charge in [0.25, 0.3) is 0 Å². The second kappa shape index (κ2) is 7.78. The number of methoxy groups -OCH3 is 1. The minimum Gasteiger partial charge on any atom is -0.497 e. The highest BCUT2D eigenvalue weighted by Gasteiger charge is 2.35. The predicted octanol–water partition coefficient (Wildman–Crippen LogP) is 5.44. The topological polar surface area (TPSA) is 76.1 Å². The lowest BCUT2D eigenvalue weighted by molar-refractivity contribution is 0.0911. The third kappa shape index (κ3) is 4.27. The molecule has 0 spiro atoms. The lowest BCUT2D eigenvalue weighted by Gasteiger charge is -2.30. The molecule has 3 aromatic rings. The van der Waals surface area contributed by atoms with Crippen LogP contribution in [0.5, 0.6) is 5.75 Å². The number of benzene rings is 2. The van der Waals surface area contributed by atoms with E-state index in [9.17, 15) is 4.79 Å². The molecule has 0 aliphatic heterocycles. The quantitative estimate of drug-likeness (QED) is 0.592. The Morgan fingerprint density at radius 2 is 1.73 bits per heavy atom. The van der Waals surface area contributed by atoms with Gasteiger partial charge in [-0.1, -0.05) is 26.0 Å². The molecule has 0 saturated heterocycles. The van der Waals surface area contributed by atoms with Gasteiger partial charge in [-0.3, -0.25) is 4.79 Å². The van der Waals surface area contributed by atoms with Gasteiger partial charge < -0.3 is 15.4 Å². The first-order chi connectivity index (χ1) is 14.3. The number of rotatable bonds is 5. The van der Waals surface area contributed by atoms with Crippen molar-refractivity contribution < 1.29 is 9.53 Å². The number of anilines is 4. The highest BCUT2D eigenvalue weighted by Crippen LogP contribution is 2.38. The molecule has 2 N–H and O–H groups in total. The van der Waals surface area contributed by atoms with Crippen molar-refractivity contribution in [1.82, 2.24) is 9.97 Å². The summed E-state index contributed by atoms with van der Waals surface area (Å²) >= 11 is 0. The molecule has 0 saturated carbocycles. The number of carbonyl (C=O) groups is 1. The van der Waals surface area contributed by atoms with E-state index < -0.39 is 0 Å². The number of carbonyl (C=O) groups excluding carboxylic acids is 1. The lowest BCUT2D eigenvalue weighted by Crippen LogP contribution is -2.29. The van der Waals surface area contributed by atoms with Crippen LogP contribution in [-0.2, 0) is 6.42 Å².